The molecule has 1 aromatic carbocycles. The molecule has 1 N–H and O–H groups in total. The molecule has 2 heterocycles. The van der Waals surface area contributed by atoms with Gasteiger partial charge in [0.05, 0.1) is 10.6 Å². The highest BCUT2D eigenvalue weighted by atomic mass is 32.1. The number of hydrogen-bond donors (Lipinski definition) is 1. The van der Waals surface area contributed by atoms with Crippen molar-refractivity contribution in [2.75, 3.05) is 5.32 Å². The number of alkyl halides is 3. The molecule has 0 unspecified atom stereocenters. The molecular formula is C15H9F4N3S. The molecule has 0 aliphatic rings. The number of thiophene rings is 1. The van der Waals surface area contributed by atoms with Crippen LogP contribution in [0.2, 0.25) is 0 Å². The molecule has 0 spiro atoms. The van der Waals surface area contributed by atoms with E-state index in [1.165, 1.54) is 35.6 Å². The highest BCUT2D eigenvalue weighted by Gasteiger charge is 2.34. The van der Waals surface area contributed by atoms with Crippen molar-refractivity contribution < 1.29 is 17.6 Å². The maximum Gasteiger partial charge on any atom is 0.433 e. The van der Waals surface area contributed by atoms with Gasteiger partial charge in [-0.1, -0.05) is 6.07 Å². The quantitative estimate of drug-likeness (QED) is 0.674. The third-order valence-corrected chi connectivity index (χ3v) is 3.78. The van der Waals surface area contributed by atoms with Gasteiger partial charge in [-0.05, 0) is 41.8 Å². The Kier molecular flexibility index (Phi) is 3.99. The molecular weight excluding hydrogens is 330 g/mol. The second kappa shape index (κ2) is 5.96. The molecule has 0 atom stereocenters. The van der Waals surface area contributed by atoms with Gasteiger partial charge in [0.25, 0.3) is 0 Å². The van der Waals surface area contributed by atoms with Gasteiger partial charge in [-0.15, -0.1) is 11.3 Å². The van der Waals surface area contributed by atoms with E-state index in [-0.39, 0.29) is 11.6 Å². The van der Waals surface area contributed by atoms with Gasteiger partial charge in [-0.2, -0.15) is 13.2 Å². The molecule has 8 heteroatoms. The molecule has 3 nitrogen and oxygen atoms in total. The van der Waals surface area contributed by atoms with Gasteiger partial charge >= 0.3 is 6.18 Å². The third kappa shape index (κ3) is 3.65. The summed E-state index contributed by atoms with van der Waals surface area (Å²) in [4.78, 5) is 8.19. The Morgan fingerprint density at radius 3 is 2.35 bits per heavy atom. The summed E-state index contributed by atoms with van der Waals surface area (Å²) < 4.78 is 51.9. The maximum atomic E-state index is 13.0. The van der Waals surface area contributed by atoms with E-state index in [1.807, 2.05) is 0 Å². The number of nitrogens with zero attached hydrogens (tertiary/aromatic N) is 2. The van der Waals surface area contributed by atoms with Crippen LogP contribution in [0.15, 0.2) is 47.8 Å². The molecule has 0 bridgehead atoms. The van der Waals surface area contributed by atoms with E-state index in [1.54, 1.807) is 17.5 Å². The SMILES string of the molecule is Fc1ccc(Nc2nc(-c3cccs3)cc(C(F)(F)F)n2)cc1. The van der Waals surface area contributed by atoms with Gasteiger partial charge in [0, 0.05) is 5.69 Å². The number of benzene rings is 1. The lowest BCUT2D eigenvalue weighted by atomic mass is 10.2. The zero-order valence-corrected chi connectivity index (χ0v) is 12.2. The van der Waals surface area contributed by atoms with Crippen LogP contribution in [-0.2, 0) is 6.18 Å². The summed E-state index contributed by atoms with van der Waals surface area (Å²) >= 11 is 1.28. The van der Waals surface area contributed by atoms with E-state index in [2.05, 4.69) is 15.3 Å². The Labute approximate surface area is 132 Å². The lowest BCUT2D eigenvalue weighted by Gasteiger charge is -2.11. The first kappa shape index (κ1) is 15.4. The highest BCUT2D eigenvalue weighted by molar-refractivity contribution is 7.13. The first-order valence-electron chi connectivity index (χ1n) is 6.44. The molecule has 3 rings (SSSR count). The molecule has 0 fully saturated rings. The lowest BCUT2D eigenvalue weighted by molar-refractivity contribution is -0.141. The van der Waals surface area contributed by atoms with Crippen molar-refractivity contribution >= 4 is 23.0 Å². The van der Waals surface area contributed by atoms with Gasteiger partial charge in [0.1, 0.15) is 5.82 Å². The molecule has 0 saturated carbocycles. The average molecular weight is 339 g/mol. The van der Waals surface area contributed by atoms with Crippen molar-refractivity contribution in [3.63, 3.8) is 0 Å². The predicted molar refractivity (Wildman–Crippen MR) is 80.0 cm³/mol. The fourth-order valence-corrected chi connectivity index (χ4v) is 2.55. The number of hydrogen-bond acceptors (Lipinski definition) is 4. The van der Waals surface area contributed by atoms with Crippen LogP contribution in [-0.4, -0.2) is 9.97 Å². The summed E-state index contributed by atoms with van der Waals surface area (Å²) in [6.07, 6.45) is -4.59. The van der Waals surface area contributed by atoms with Gasteiger partial charge in [-0.3, -0.25) is 0 Å². The van der Waals surface area contributed by atoms with Crippen LogP contribution in [0.5, 0.6) is 0 Å². The third-order valence-electron chi connectivity index (χ3n) is 2.89. The summed E-state index contributed by atoms with van der Waals surface area (Å²) in [6.45, 7) is 0. The number of halogens is 4. The van der Waals surface area contributed by atoms with Crippen molar-refractivity contribution in [3.8, 4) is 10.6 Å². The van der Waals surface area contributed by atoms with E-state index in [0.29, 0.717) is 10.6 Å². The summed E-state index contributed by atoms with van der Waals surface area (Å²) in [5.41, 5.74) is -0.477. The normalized spacial score (nSPS) is 11.5. The highest BCUT2D eigenvalue weighted by Crippen LogP contribution is 2.32. The molecule has 3 aromatic rings. The Bertz CT molecular complexity index is 799. The molecule has 23 heavy (non-hydrogen) atoms. The minimum Gasteiger partial charge on any atom is -0.324 e. The van der Waals surface area contributed by atoms with E-state index < -0.39 is 17.7 Å². The second-order valence-electron chi connectivity index (χ2n) is 4.57. The Balaban J connectivity index is 2.01. The van der Waals surface area contributed by atoms with E-state index in [0.717, 1.165) is 6.07 Å². The van der Waals surface area contributed by atoms with Crippen molar-refractivity contribution in [1.29, 1.82) is 0 Å². The Morgan fingerprint density at radius 1 is 1.00 bits per heavy atom. The molecule has 0 amide bonds. The zero-order chi connectivity index (χ0) is 16.4. The number of nitrogens with one attached hydrogen (secondary N) is 1. The van der Waals surface area contributed by atoms with Crippen molar-refractivity contribution in [2.24, 2.45) is 0 Å². The van der Waals surface area contributed by atoms with Crippen LogP contribution < -0.4 is 5.32 Å². The average Bonchev–Trinajstić information content (AvgIpc) is 3.03. The molecule has 0 aliphatic carbocycles. The van der Waals surface area contributed by atoms with Crippen LogP contribution in [0.25, 0.3) is 10.6 Å². The smallest absolute Gasteiger partial charge is 0.324 e. The van der Waals surface area contributed by atoms with Gasteiger partial charge in [0.2, 0.25) is 5.95 Å². The van der Waals surface area contributed by atoms with Crippen LogP contribution >= 0.6 is 11.3 Å². The monoisotopic (exact) mass is 339 g/mol. The van der Waals surface area contributed by atoms with Gasteiger partial charge < -0.3 is 5.32 Å². The summed E-state index contributed by atoms with van der Waals surface area (Å²) in [5.74, 6) is -0.644. The van der Waals surface area contributed by atoms with Crippen LogP contribution in [0.1, 0.15) is 5.69 Å². The standard InChI is InChI=1S/C15H9F4N3S/c16-9-3-5-10(6-4-9)20-14-21-11(12-2-1-7-23-12)8-13(22-14)15(17,18)19/h1-8H,(H,20,21,22). The molecule has 0 saturated heterocycles. The number of anilines is 2. The maximum absolute atomic E-state index is 13.0. The lowest BCUT2D eigenvalue weighted by Crippen LogP contribution is -2.11. The number of aromatic nitrogens is 2. The fourth-order valence-electron chi connectivity index (χ4n) is 1.86. The largest absolute Gasteiger partial charge is 0.433 e. The summed E-state index contributed by atoms with van der Waals surface area (Å²) in [7, 11) is 0. The minimum atomic E-state index is -4.59. The fraction of sp³-hybridized carbons (Fsp3) is 0.0667. The van der Waals surface area contributed by atoms with Crippen LogP contribution in [0.3, 0.4) is 0 Å². The summed E-state index contributed by atoms with van der Waals surface area (Å²) in [6, 6.07) is 9.47. The Morgan fingerprint density at radius 2 is 1.74 bits per heavy atom. The van der Waals surface area contributed by atoms with Gasteiger partial charge in [-0.25, -0.2) is 14.4 Å². The first-order chi connectivity index (χ1) is 10.9. The zero-order valence-electron chi connectivity index (χ0n) is 11.4. The van der Waals surface area contributed by atoms with Crippen LogP contribution in [0.4, 0.5) is 29.2 Å². The van der Waals surface area contributed by atoms with Gasteiger partial charge in [0.15, 0.2) is 5.69 Å². The molecule has 0 radical (unpaired) electrons. The summed E-state index contributed by atoms with van der Waals surface area (Å²) in [5, 5.41) is 4.41. The van der Waals surface area contributed by atoms with E-state index >= 15 is 0 Å². The molecule has 2 aromatic heterocycles. The number of rotatable bonds is 3. The molecule has 118 valence electrons. The topological polar surface area (TPSA) is 37.8 Å². The second-order valence-corrected chi connectivity index (χ2v) is 5.52. The Hall–Kier alpha value is -2.48. The predicted octanol–water partition coefficient (Wildman–Crippen LogP) is 5.11. The first-order valence-corrected chi connectivity index (χ1v) is 7.32. The van der Waals surface area contributed by atoms with Crippen LogP contribution in [0, 0.1) is 5.82 Å². The van der Waals surface area contributed by atoms with Crippen molar-refractivity contribution in [3.05, 3.63) is 59.4 Å². The minimum absolute atomic E-state index is 0.173. The van der Waals surface area contributed by atoms with Crippen molar-refractivity contribution in [2.45, 2.75) is 6.18 Å². The molecule has 0 aliphatic heterocycles. The van der Waals surface area contributed by atoms with E-state index in [4.69, 9.17) is 0 Å². The van der Waals surface area contributed by atoms with E-state index in [9.17, 15) is 17.6 Å². The van der Waals surface area contributed by atoms with Crippen molar-refractivity contribution in [1.82, 2.24) is 9.97 Å².